The van der Waals surface area contributed by atoms with E-state index >= 15 is 0 Å². The summed E-state index contributed by atoms with van der Waals surface area (Å²) in [6.07, 6.45) is 15.3. The first kappa shape index (κ1) is 32.2. The Morgan fingerprint density at radius 1 is 1.14 bits per heavy atom. The highest BCUT2D eigenvalue weighted by Gasteiger charge is 2.28. The standard InChI is InChI=1S/C37H46N2O4/c1-24-13-12-17-29(19-24)32-23-35(42)43-34(39-32)20-25(2)38-36(27-14-8-7-9-15-27)31-18-11-10-16-28(31)21-30(26(3)40)22-33(41)37(4,5)6/h10-12,16-19,21,24,27,32H,2,7-9,13-15,20,22-23H2,1,3-6H3/b30-21+,38-36?. The summed E-state index contributed by atoms with van der Waals surface area (Å²) in [7, 11) is 0. The quantitative estimate of drug-likeness (QED) is 0.158. The Morgan fingerprint density at radius 3 is 2.53 bits per heavy atom. The number of aliphatic imine (C=N–C) groups is 2. The van der Waals surface area contributed by atoms with E-state index in [-0.39, 0.29) is 48.8 Å². The summed E-state index contributed by atoms with van der Waals surface area (Å²) < 4.78 is 5.56. The molecule has 0 radical (unpaired) electrons. The SMILES string of the molecule is C=C(CC1=NC(C2=CC(C)CC=C2)CC(=O)O1)N=C(c1ccccc1/C=C(\CC(=O)C(C)(C)C)C(C)=O)C1CCCCC1. The minimum atomic E-state index is -0.535. The number of carbonyl (C=O) groups is 3. The van der Waals surface area contributed by atoms with E-state index in [1.807, 2.05) is 51.1 Å². The maximum atomic E-state index is 12.9. The molecule has 1 fully saturated rings. The molecular weight excluding hydrogens is 536 g/mol. The van der Waals surface area contributed by atoms with Gasteiger partial charge in [0.15, 0.2) is 11.7 Å². The van der Waals surface area contributed by atoms with Crippen molar-refractivity contribution >= 4 is 35.2 Å². The van der Waals surface area contributed by atoms with Crippen LogP contribution in [0.25, 0.3) is 6.08 Å². The molecule has 43 heavy (non-hydrogen) atoms. The van der Waals surface area contributed by atoms with Crippen LogP contribution in [0.1, 0.15) is 104 Å². The van der Waals surface area contributed by atoms with Crippen LogP contribution in [0, 0.1) is 17.3 Å². The highest BCUT2D eigenvalue weighted by Crippen LogP contribution is 2.32. The summed E-state index contributed by atoms with van der Waals surface area (Å²) in [5.74, 6) is 0.619. The minimum absolute atomic E-state index is 0.0241. The van der Waals surface area contributed by atoms with Gasteiger partial charge in [-0.05, 0) is 49.3 Å². The number of ether oxygens (including phenoxy) is 1. The van der Waals surface area contributed by atoms with E-state index in [0.29, 0.717) is 23.1 Å². The van der Waals surface area contributed by atoms with Gasteiger partial charge in [-0.3, -0.25) is 19.4 Å². The van der Waals surface area contributed by atoms with Gasteiger partial charge < -0.3 is 4.74 Å². The number of nitrogens with zero attached hydrogens (tertiary/aromatic N) is 2. The average molecular weight is 583 g/mol. The number of hydrogen-bond acceptors (Lipinski definition) is 6. The van der Waals surface area contributed by atoms with E-state index in [1.54, 1.807) is 0 Å². The van der Waals surface area contributed by atoms with Crippen molar-refractivity contribution in [1.29, 1.82) is 0 Å². The van der Waals surface area contributed by atoms with E-state index in [0.717, 1.165) is 54.5 Å². The van der Waals surface area contributed by atoms with Crippen LogP contribution in [0.4, 0.5) is 0 Å². The van der Waals surface area contributed by atoms with Gasteiger partial charge in [0.2, 0.25) is 0 Å². The Hall–Kier alpha value is -3.67. The van der Waals surface area contributed by atoms with Gasteiger partial charge in [0, 0.05) is 34.6 Å². The Labute approximate surface area is 256 Å². The summed E-state index contributed by atoms with van der Waals surface area (Å²) in [5.41, 5.74) is 4.30. The van der Waals surface area contributed by atoms with E-state index in [9.17, 15) is 14.4 Å². The molecular formula is C37H46N2O4. The van der Waals surface area contributed by atoms with Crippen LogP contribution < -0.4 is 0 Å². The Bertz CT molecular complexity index is 1410. The van der Waals surface area contributed by atoms with Gasteiger partial charge in [0.05, 0.1) is 24.6 Å². The average Bonchev–Trinajstić information content (AvgIpc) is 2.95. The molecule has 1 aromatic rings. The zero-order valence-corrected chi connectivity index (χ0v) is 26.4. The second-order valence-corrected chi connectivity index (χ2v) is 13.2. The molecule has 1 aliphatic heterocycles. The van der Waals surface area contributed by atoms with Gasteiger partial charge >= 0.3 is 5.97 Å². The fraction of sp³-hybridized carbons (Fsp3) is 0.486. The molecule has 3 aliphatic rings. The molecule has 2 aliphatic carbocycles. The number of benzene rings is 1. The van der Waals surface area contributed by atoms with Gasteiger partial charge in [-0.25, -0.2) is 4.99 Å². The van der Waals surface area contributed by atoms with Crippen LogP contribution in [0.3, 0.4) is 0 Å². The van der Waals surface area contributed by atoms with Gasteiger partial charge in [0.1, 0.15) is 5.78 Å². The lowest BCUT2D eigenvalue weighted by Crippen LogP contribution is -2.27. The molecule has 0 bridgehead atoms. The first-order valence-corrected chi connectivity index (χ1v) is 15.7. The van der Waals surface area contributed by atoms with Crippen molar-refractivity contribution in [2.45, 2.75) is 98.4 Å². The van der Waals surface area contributed by atoms with E-state index in [1.165, 1.54) is 13.3 Å². The molecule has 4 rings (SSSR count). The minimum Gasteiger partial charge on any atom is -0.411 e. The van der Waals surface area contributed by atoms with Gasteiger partial charge in [0.25, 0.3) is 0 Å². The number of hydrogen-bond donors (Lipinski definition) is 0. The third kappa shape index (κ3) is 8.92. The molecule has 1 aromatic carbocycles. The Morgan fingerprint density at radius 2 is 1.86 bits per heavy atom. The second-order valence-electron chi connectivity index (χ2n) is 13.2. The molecule has 0 amide bonds. The lowest BCUT2D eigenvalue weighted by atomic mass is 9.81. The predicted molar refractivity (Wildman–Crippen MR) is 174 cm³/mol. The van der Waals surface area contributed by atoms with Gasteiger partial charge in [-0.1, -0.05) is 96.0 Å². The molecule has 0 saturated heterocycles. The van der Waals surface area contributed by atoms with Crippen molar-refractivity contribution in [2.24, 2.45) is 27.2 Å². The van der Waals surface area contributed by atoms with E-state index in [4.69, 9.17) is 14.7 Å². The summed E-state index contributed by atoms with van der Waals surface area (Å²) in [4.78, 5) is 47.9. The second kappa shape index (κ2) is 14.2. The maximum Gasteiger partial charge on any atom is 0.314 e. The molecule has 6 heteroatoms. The first-order chi connectivity index (χ1) is 20.4. The molecule has 228 valence electrons. The number of allylic oxidation sites excluding steroid dienone is 3. The topological polar surface area (TPSA) is 85.2 Å². The highest BCUT2D eigenvalue weighted by molar-refractivity contribution is 6.08. The van der Waals surface area contributed by atoms with Crippen molar-refractivity contribution in [2.75, 3.05) is 0 Å². The van der Waals surface area contributed by atoms with Crippen LogP contribution in [-0.4, -0.2) is 35.2 Å². The number of carbonyl (C=O) groups excluding carboxylic acids is 3. The monoisotopic (exact) mass is 582 g/mol. The van der Waals surface area contributed by atoms with Crippen LogP contribution >= 0.6 is 0 Å². The van der Waals surface area contributed by atoms with Crippen LogP contribution in [0.2, 0.25) is 0 Å². The molecule has 6 nitrogen and oxygen atoms in total. The molecule has 1 saturated carbocycles. The van der Waals surface area contributed by atoms with Crippen LogP contribution in [0.5, 0.6) is 0 Å². The summed E-state index contributed by atoms with van der Waals surface area (Å²) in [6, 6.07) is 7.68. The maximum absolute atomic E-state index is 12.9. The normalized spacial score (nSPS) is 22.0. The van der Waals surface area contributed by atoms with Crippen LogP contribution in [0.15, 0.2) is 75.9 Å². The van der Waals surface area contributed by atoms with Crippen LogP contribution in [-0.2, 0) is 19.1 Å². The number of rotatable bonds is 10. The molecule has 0 aromatic heterocycles. The van der Waals surface area contributed by atoms with E-state index < -0.39 is 5.41 Å². The zero-order valence-electron chi connectivity index (χ0n) is 26.4. The van der Waals surface area contributed by atoms with Crippen molar-refractivity contribution in [3.63, 3.8) is 0 Å². The zero-order chi connectivity index (χ0) is 31.1. The largest absolute Gasteiger partial charge is 0.411 e. The molecule has 0 N–H and O–H groups in total. The number of ketones is 2. The van der Waals surface area contributed by atoms with Crippen molar-refractivity contribution in [1.82, 2.24) is 0 Å². The predicted octanol–water partition coefficient (Wildman–Crippen LogP) is 8.17. The molecule has 1 heterocycles. The number of esters is 1. The first-order valence-electron chi connectivity index (χ1n) is 15.7. The Kier molecular flexibility index (Phi) is 10.6. The summed E-state index contributed by atoms with van der Waals surface area (Å²) in [5, 5.41) is 0. The molecule has 2 unspecified atom stereocenters. The molecule has 0 spiro atoms. The summed E-state index contributed by atoms with van der Waals surface area (Å²) in [6.45, 7) is 13.6. The third-order valence-electron chi connectivity index (χ3n) is 8.40. The van der Waals surface area contributed by atoms with Crippen molar-refractivity contribution in [3.05, 3.63) is 77.0 Å². The summed E-state index contributed by atoms with van der Waals surface area (Å²) >= 11 is 0. The lowest BCUT2D eigenvalue weighted by Gasteiger charge is -2.26. The van der Waals surface area contributed by atoms with Crippen molar-refractivity contribution < 1.29 is 19.1 Å². The lowest BCUT2D eigenvalue weighted by molar-refractivity contribution is -0.136. The third-order valence-corrected chi connectivity index (χ3v) is 8.40. The molecule has 2 atom stereocenters. The fourth-order valence-electron chi connectivity index (χ4n) is 5.83. The van der Waals surface area contributed by atoms with Gasteiger partial charge in [-0.2, -0.15) is 0 Å². The van der Waals surface area contributed by atoms with Gasteiger partial charge in [-0.15, -0.1) is 0 Å². The number of cyclic esters (lactones) is 1. The smallest absolute Gasteiger partial charge is 0.314 e. The van der Waals surface area contributed by atoms with E-state index in [2.05, 4.69) is 31.7 Å². The van der Waals surface area contributed by atoms with Crippen molar-refractivity contribution in [3.8, 4) is 0 Å². The highest BCUT2D eigenvalue weighted by atomic mass is 16.5. The number of Topliss-reactive ketones (excluding diaryl/α,β-unsaturated/α-hetero) is 2. The Balaban J connectivity index is 1.67. The fourth-order valence-corrected chi connectivity index (χ4v) is 5.83.